The van der Waals surface area contributed by atoms with E-state index in [0.29, 0.717) is 12.2 Å². The van der Waals surface area contributed by atoms with E-state index in [1.807, 2.05) is 0 Å². The number of rotatable bonds is 4. The van der Waals surface area contributed by atoms with Crippen LogP contribution in [0.5, 0.6) is 0 Å². The van der Waals surface area contributed by atoms with Gasteiger partial charge < -0.3 is 11.1 Å². The summed E-state index contributed by atoms with van der Waals surface area (Å²) in [7, 11) is -3.39. The number of sulfone groups is 1. The SMILES string of the molecule is CS(=O)(=O)c1cccc(NCc2ccc(F)c(Cl)c2)c1N. The largest absolute Gasteiger partial charge is 0.396 e. The Morgan fingerprint density at radius 2 is 2.00 bits per heavy atom. The predicted octanol–water partition coefficient (Wildman–Crippen LogP) is 3.08. The first kappa shape index (κ1) is 15.6. The molecule has 0 aliphatic carbocycles. The predicted molar refractivity (Wildman–Crippen MR) is 82.7 cm³/mol. The van der Waals surface area contributed by atoms with Gasteiger partial charge in [0.05, 0.1) is 21.3 Å². The van der Waals surface area contributed by atoms with Gasteiger partial charge in [0.1, 0.15) is 5.82 Å². The highest BCUT2D eigenvalue weighted by molar-refractivity contribution is 7.90. The lowest BCUT2D eigenvalue weighted by Gasteiger charge is -2.12. The highest BCUT2D eigenvalue weighted by Crippen LogP contribution is 2.27. The van der Waals surface area contributed by atoms with Crippen LogP contribution in [0.25, 0.3) is 0 Å². The zero-order valence-electron chi connectivity index (χ0n) is 11.2. The van der Waals surface area contributed by atoms with Gasteiger partial charge in [-0.3, -0.25) is 0 Å². The second kappa shape index (κ2) is 5.91. The van der Waals surface area contributed by atoms with E-state index in [9.17, 15) is 12.8 Å². The van der Waals surface area contributed by atoms with E-state index < -0.39 is 15.7 Å². The minimum Gasteiger partial charge on any atom is -0.396 e. The molecular formula is C14H14ClFN2O2S. The summed E-state index contributed by atoms with van der Waals surface area (Å²) in [5.74, 6) is -0.487. The van der Waals surface area contributed by atoms with Gasteiger partial charge in [0.25, 0.3) is 0 Å². The molecule has 0 fully saturated rings. The van der Waals surface area contributed by atoms with Gasteiger partial charge >= 0.3 is 0 Å². The Labute approximate surface area is 127 Å². The Morgan fingerprint density at radius 3 is 2.62 bits per heavy atom. The van der Waals surface area contributed by atoms with Crippen LogP contribution in [-0.4, -0.2) is 14.7 Å². The first-order valence-electron chi connectivity index (χ1n) is 6.05. The van der Waals surface area contributed by atoms with Crippen molar-refractivity contribution in [1.29, 1.82) is 0 Å². The summed E-state index contributed by atoms with van der Waals surface area (Å²) in [5.41, 5.74) is 7.27. The smallest absolute Gasteiger partial charge is 0.177 e. The molecule has 0 heterocycles. The maximum atomic E-state index is 13.1. The van der Waals surface area contributed by atoms with Gasteiger partial charge in [0, 0.05) is 12.8 Å². The number of halogens is 2. The third-order valence-electron chi connectivity index (χ3n) is 2.93. The Bertz CT molecular complexity index is 779. The quantitative estimate of drug-likeness (QED) is 0.846. The number of benzene rings is 2. The van der Waals surface area contributed by atoms with Crippen LogP contribution in [-0.2, 0) is 16.4 Å². The third-order valence-corrected chi connectivity index (χ3v) is 4.38. The molecule has 2 aromatic rings. The van der Waals surface area contributed by atoms with Gasteiger partial charge in [-0.25, -0.2) is 12.8 Å². The fraction of sp³-hybridized carbons (Fsp3) is 0.143. The fourth-order valence-corrected chi connectivity index (χ4v) is 2.91. The highest BCUT2D eigenvalue weighted by atomic mass is 35.5. The molecule has 4 nitrogen and oxygen atoms in total. The van der Waals surface area contributed by atoms with Gasteiger partial charge in [-0.15, -0.1) is 0 Å². The number of hydrogen-bond acceptors (Lipinski definition) is 4. The second-order valence-corrected chi connectivity index (χ2v) is 6.98. The summed E-state index contributed by atoms with van der Waals surface area (Å²) in [6.07, 6.45) is 1.10. The molecule has 0 unspecified atom stereocenters. The number of nitrogens with two attached hydrogens (primary N) is 1. The van der Waals surface area contributed by atoms with Crippen LogP contribution in [0, 0.1) is 5.82 Å². The lowest BCUT2D eigenvalue weighted by atomic mass is 10.2. The molecule has 0 atom stereocenters. The Kier molecular flexibility index (Phi) is 4.39. The number of nitrogens with one attached hydrogen (secondary N) is 1. The standard InChI is InChI=1S/C14H14ClFN2O2S/c1-21(19,20)13-4-2-3-12(14(13)17)18-8-9-5-6-11(16)10(15)7-9/h2-7,18H,8,17H2,1H3. The van der Waals surface area contributed by atoms with Gasteiger partial charge in [0.2, 0.25) is 0 Å². The normalized spacial score (nSPS) is 11.4. The topological polar surface area (TPSA) is 72.2 Å². The molecule has 0 amide bonds. The number of anilines is 2. The molecule has 112 valence electrons. The van der Waals surface area contributed by atoms with Crippen molar-refractivity contribution in [3.05, 3.63) is 52.8 Å². The van der Waals surface area contributed by atoms with Crippen molar-refractivity contribution in [3.63, 3.8) is 0 Å². The van der Waals surface area contributed by atoms with Crippen LogP contribution >= 0.6 is 11.6 Å². The number of nitrogen functional groups attached to an aromatic ring is 1. The molecule has 0 saturated carbocycles. The molecule has 0 spiro atoms. The summed E-state index contributed by atoms with van der Waals surface area (Å²) >= 11 is 5.71. The second-order valence-electron chi connectivity index (χ2n) is 4.59. The average Bonchev–Trinajstić information content (AvgIpc) is 2.40. The van der Waals surface area contributed by atoms with Crippen molar-refractivity contribution in [2.24, 2.45) is 0 Å². The number of hydrogen-bond donors (Lipinski definition) is 2. The van der Waals surface area contributed by atoms with Crippen molar-refractivity contribution in [3.8, 4) is 0 Å². The minimum absolute atomic E-state index is 0.0344. The molecule has 0 radical (unpaired) electrons. The molecule has 0 aromatic heterocycles. The minimum atomic E-state index is -3.39. The van der Waals surface area contributed by atoms with E-state index in [4.69, 9.17) is 17.3 Å². The van der Waals surface area contributed by atoms with Crippen molar-refractivity contribution in [1.82, 2.24) is 0 Å². The molecule has 0 aliphatic rings. The van der Waals surface area contributed by atoms with Crippen LogP contribution in [0.4, 0.5) is 15.8 Å². The van der Waals surface area contributed by atoms with Crippen LogP contribution in [0.2, 0.25) is 5.02 Å². The zero-order chi connectivity index (χ0) is 15.6. The van der Waals surface area contributed by atoms with E-state index >= 15 is 0 Å². The van der Waals surface area contributed by atoms with E-state index in [1.165, 1.54) is 18.2 Å². The van der Waals surface area contributed by atoms with Gasteiger partial charge in [-0.2, -0.15) is 0 Å². The Hall–Kier alpha value is -1.79. The third kappa shape index (κ3) is 3.65. The zero-order valence-corrected chi connectivity index (χ0v) is 12.8. The van der Waals surface area contributed by atoms with Crippen LogP contribution in [0.1, 0.15) is 5.56 Å². The first-order chi connectivity index (χ1) is 9.79. The molecule has 2 rings (SSSR count). The molecular weight excluding hydrogens is 315 g/mol. The lowest BCUT2D eigenvalue weighted by Crippen LogP contribution is -2.07. The molecule has 2 aromatic carbocycles. The summed E-state index contributed by atoms with van der Waals surface area (Å²) in [6, 6.07) is 9.09. The van der Waals surface area contributed by atoms with Crippen LogP contribution in [0.3, 0.4) is 0 Å². The monoisotopic (exact) mass is 328 g/mol. The molecule has 0 bridgehead atoms. The van der Waals surface area contributed by atoms with E-state index in [0.717, 1.165) is 11.8 Å². The Morgan fingerprint density at radius 1 is 1.29 bits per heavy atom. The van der Waals surface area contributed by atoms with E-state index in [1.54, 1.807) is 18.2 Å². The van der Waals surface area contributed by atoms with Crippen molar-refractivity contribution in [2.45, 2.75) is 11.4 Å². The first-order valence-corrected chi connectivity index (χ1v) is 8.32. The van der Waals surface area contributed by atoms with Crippen LogP contribution in [0.15, 0.2) is 41.3 Å². The maximum absolute atomic E-state index is 13.1. The molecule has 0 saturated heterocycles. The molecule has 0 aliphatic heterocycles. The molecule has 21 heavy (non-hydrogen) atoms. The van der Waals surface area contributed by atoms with Crippen molar-refractivity contribution in [2.75, 3.05) is 17.3 Å². The number of para-hydroxylation sites is 1. The molecule has 7 heteroatoms. The summed E-state index contributed by atoms with van der Waals surface area (Å²) in [5, 5.41) is 3.05. The van der Waals surface area contributed by atoms with Gasteiger partial charge in [-0.1, -0.05) is 23.7 Å². The lowest BCUT2D eigenvalue weighted by molar-refractivity contribution is 0.602. The van der Waals surface area contributed by atoms with Crippen LogP contribution < -0.4 is 11.1 Å². The average molecular weight is 329 g/mol. The van der Waals surface area contributed by atoms with Crippen molar-refractivity contribution >= 4 is 32.8 Å². The Balaban J connectivity index is 2.23. The summed E-state index contributed by atoms with van der Waals surface area (Å²) in [4.78, 5) is 0.0737. The summed E-state index contributed by atoms with van der Waals surface area (Å²) in [6.45, 7) is 0.345. The highest BCUT2D eigenvalue weighted by Gasteiger charge is 2.13. The van der Waals surface area contributed by atoms with Crippen molar-refractivity contribution < 1.29 is 12.8 Å². The molecule has 3 N–H and O–H groups in total. The van der Waals surface area contributed by atoms with Gasteiger partial charge in [0.15, 0.2) is 9.84 Å². The maximum Gasteiger partial charge on any atom is 0.177 e. The van der Waals surface area contributed by atoms with E-state index in [2.05, 4.69) is 5.32 Å². The summed E-state index contributed by atoms with van der Waals surface area (Å²) < 4.78 is 36.3. The van der Waals surface area contributed by atoms with Gasteiger partial charge in [-0.05, 0) is 29.8 Å². The fourth-order valence-electron chi connectivity index (χ4n) is 1.87. The van der Waals surface area contributed by atoms with E-state index in [-0.39, 0.29) is 15.6 Å².